The number of hydrogen-bond acceptors (Lipinski definition) is 5. The summed E-state index contributed by atoms with van der Waals surface area (Å²) in [5.41, 5.74) is 6.04. The van der Waals surface area contributed by atoms with E-state index in [0.717, 1.165) is 0 Å². The van der Waals surface area contributed by atoms with E-state index in [1.807, 2.05) is 11.4 Å². The molecule has 0 radical (unpaired) electrons. The first-order valence-electron chi connectivity index (χ1n) is 7.23. The molecule has 0 atom stereocenters. The summed E-state index contributed by atoms with van der Waals surface area (Å²) >= 11 is 1.37. The molecule has 2 rings (SSSR count). The van der Waals surface area contributed by atoms with Crippen LogP contribution in [-0.2, 0) is 4.79 Å². The van der Waals surface area contributed by atoms with Crippen LogP contribution in [0.3, 0.4) is 0 Å². The maximum absolute atomic E-state index is 11.8. The predicted molar refractivity (Wildman–Crippen MR) is 90.9 cm³/mol. The van der Waals surface area contributed by atoms with E-state index in [-0.39, 0.29) is 18.2 Å². The molecule has 23 heavy (non-hydrogen) atoms. The van der Waals surface area contributed by atoms with Gasteiger partial charge < -0.3 is 21.1 Å². The second-order valence-corrected chi connectivity index (χ2v) is 5.64. The molecular weight excluding hydrogens is 314 g/mol. The summed E-state index contributed by atoms with van der Waals surface area (Å²) in [4.78, 5) is 24.2. The summed E-state index contributed by atoms with van der Waals surface area (Å²) in [6, 6.07) is 10.6. The van der Waals surface area contributed by atoms with Gasteiger partial charge in [-0.1, -0.05) is 6.07 Å². The number of nitrogens with one attached hydrogen (secondary N) is 2. The Balaban J connectivity index is 1.71. The van der Waals surface area contributed by atoms with Gasteiger partial charge in [-0.2, -0.15) is 0 Å². The fourth-order valence-corrected chi connectivity index (χ4v) is 2.46. The third kappa shape index (κ3) is 5.72. The van der Waals surface area contributed by atoms with Crippen LogP contribution in [-0.4, -0.2) is 31.5 Å². The lowest BCUT2D eigenvalue weighted by Gasteiger charge is -2.08. The summed E-state index contributed by atoms with van der Waals surface area (Å²) in [5.74, 6) is 0.387. The largest absolute Gasteiger partial charge is 0.492 e. The minimum atomic E-state index is -0.160. The fourth-order valence-electron chi connectivity index (χ4n) is 1.82. The Morgan fingerprint density at radius 2 is 1.96 bits per heavy atom. The summed E-state index contributed by atoms with van der Waals surface area (Å²) in [6.45, 7) is 1.20. The number of thiophene rings is 1. The van der Waals surface area contributed by atoms with Crippen LogP contribution in [0.2, 0.25) is 0 Å². The molecular formula is C16H19N3O3S. The van der Waals surface area contributed by atoms with Crippen LogP contribution in [0.25, 0.3) is 0 Å². The number of anilines is 1. The average molecular weight is 333 g/mol. The van der Waals surface area contributed by atoms with Crippen molar-refractivity contribution in [3.63, 3.8) is 0 Å². The van der Waals surface area contributed by atoms with E-state index in [1.165, 1.54) is 11.3 Å². The molecule has 1 aromatic heterocycles. The van der Waals surface area contributed by atoms with Crippen LogP contribution in [0.4, 0.5) is 5.69 Å². The monoisotopic (exact) mass is 333 g/mol. The van der Waals surface area contributed by atoms with Gasteiger partial charge in [0, 0.05) is 25.2 Å². The van der Waals surface area contributed by atoms with Crippen molar-refractivity contribution >= 4 is 28.8 Å². The van der Waals surface area contributed by atoms with Crippen molar-refractivity contribution in [3.8, 4) is 5.75 Å². The van der Waals surface area contributed by atoms with E-state index in [0.29, 0.717) is 36.0 Å². The van der Waals surface area contributed by atoms with E-state index in [9.17, 15) is 9.59 Å². The first-order valence-corrected chi connectivity index (χ1v) is 8.11. The van der Waals surface area contributed by atoms with Crippen molar-refractivity contribution in [2.75, 3.05) is 25.0 Å². The molecule has 2 aromatic rings. The smallest absolute Gasteiger partial charge is 0.261 e. The van der Waals surface area contributed by atoms with Crippen molar-refractivity contribution in [1.82, 2.24) is 5.32 Å². The number of nitrogens with two attached hydrogens (primary N) is 1. The molecule has 0 unspecified atom stereocenters. The summed E-state index contributed by atoms with van der Waals surface area (Å²) in [5, 5.41) is 7.31. The van der Waals surface area contributed by atoms with E-state index in [2.05, 4.69) is 10.6 Å². The van der Waals surface area contributed by atoms with Crippen LogP contribution in [0, 0.1) is 0 Å². The van der Waals surface area contributed by atoms with Crippen molar-refractivity contribution in [1.29, 1.82) is 0 Å². The van der Waals surface area contributed by atoms with Gasteiger partial charge in [0.15, 0.2) is 0 Å². The summed E-state index contributed by atoms with van der Waals surface area (Å²) in [7, 11) is 0. The highest BCUT2D eigenvalue weighted by molar-refractivity contribution is 7.12. The van der Waals surface area contributed by atoms with Crippen LogP contribution < -0.4 is 21.1 Å². The van der Waals surface area contributed by atoms with Crippen molar-refractivity contribution in [2.24, 2.45) is 5.73 Å². The molecule has 2 amide bonds. The van der Waals surface area contributed by atoms with E-state index in [1.54, 1.807) is 30.3 Å². The van der Waals surface area contributed by atoms with Gasteiger partial charge in [0.2, 0.25) is 5.91 Å². The Kier molecular flexibility index (Phi) is 6.58. The van der Waals surface area contributed by atoms with Crippen molar-refractivity contribution < 1.29 is 14.3 Å². The van der Waals surface area contributed by atoms with Gasteiger partial charge in [-0.05, 0) is 35.7 Å². The molecule has 1 aromatic carbocycles. The van der Waals surface area contributed by atoms with E-state index < -0.39 is 0 Å². The van der Waals surface area contributed by atoms with Crippen LogP contribution in [0.15, 0.2) is 41.8 Å². The number of carbonyl (C=O) groups excluding carboxylic acids is 2. The normalized spacial score (nSPS) is 10.1. The minimum Gasteiger partial charge on any atom is -0.492 e. The Hall–Kier alpha value is -2.38. The maximum atomic E-state index is 11.8. The molecule has 4 N–H and O–H groups in total. The number of rotatable bonds is 8. The number of benzene rings is 1. The molecule has 0 spiro atoms. The van der Waals surface area contributed by atoms with E-state index >= 15 is 0 Å². The van der Waals surface area contributed by atoms with Gasteiger partial charge in [-0.25, -0.2) is 0 Å². The highest BCUT2D eigenvalue weighted by Gasteiger charge is 2.07. The van der Waals surface area contributed by atoms with Gasteiger partial charge in [0.05, 0.1) is 4.88 Å². The van der Waals surface area contributed by atoms with Crippen LogP contribution in [0.5, 0.6) is 5.75 Å². The Labute approximate surface area is 138 Å². The Morgan fingerprint density at radius 3 is 2.61 bits per heavy atom. The number of hydrogen-bond donors (Lipinski definition) is 3. The van der Waals surface area contributed by atoms with Crippen LogP contribution in [0.1, 0.15) is 16.1 Å². The number of carbonyl (C=O) groups is 2. The Bertz CT molecular complexity index is 627. The number of amides is 2. The van der Waals surface area contributed by atoms with Gasteiger partial charge in [-0.3, -0.25) is 9.59 Å². The summed E-state index contributed by atoms with van der Waals surface area (Å²) in [6.07, 6.45) is 0.211. The third-order valence-corrected chi connectivity index (χ3v) is 3.78. The molecule has 1 heterocycles. The van der Waals surface area contributed by atoms with Gasteiger partial charge >= 0.3 is 0 Å². The molecule has 0 fully saturated rings. The fraction of sp³-hybridized carbons (Fsp3) is 0.250. The summed E-state index contributed by atoms with van der Waals surface area (Å²) < 4.78 is 5.36. The molecule has 0 aliphatic carbocycles. The molecule has 122 valence electrons. The van der Waals surface area contributed by atoms with E-state index in [4.69, 9.17) is 10.5 Å². The van der Waals surface area contributed by atoms with Gasteiger partial charge in [0.1, 0.15) is 12.4 Å². The predicted octanol–water partition coefficient (Wildman–Crippen LogP) is 1.84. The van der Waals surface area contributed by atoms with Gasteiger partial charge in [0.25, 0.3) is 5.91 Å². The maximum Gasteiger partial charge on any atom is 0.261 e. The third-order valence-electron chi connectivity index (χ3n) is 2.91. The highest BCUT2D eigenvalue weighted by atomic mass is 32.1. The van der Waals surface area contributed by atoms with Crippen molar-refractivity contribution in [2.45, 2.75) is 6.42 Å². The zero-order valence-corrected chi connectivity index (χ0v) is 13.4. The highest BCUT2D eigenvalue weighted by Crippen LogP contribution is 2.15. The van der Waals surface area contributed by atoms with Crippen molar-refractivity contribution in [3.05, 3.63) is 46.7 Å². The molecule has 6 nitrogen and oxygen atoms in total. The first-order chi connectivity index (χ1) is 11.2. The minimum absolute atomic E-state index is 0.158. The quantitative estimate of drug-likeness (QED) is 0.687. The second-order valence-electron chi connectivity index (χ2n) is 4.69. The zero-order valence-electron chi connectivity index (χ0n) is 12.6. The topological polar surface area (TPSA) is 93.4 Å². The lowest BCUT2D eigenvalue weighted by molar-refractivity contribution is -0.116. The first kappa shape index (κ1) is 17.0. The molecule has 0 bridgehead atoms. The molecule has 0 aliphatic heterocycles. The van der Waals surface area contributed by atoms with Gasteiger partial charge in [-0.15, -0.1) is 11.3 Å². The zero-order chi connectivity index (χ0) is 16.5. The lowest BCUT2D eigenvalue weighted by Crippen LogP contribution is -2.27. The lowest BCUT2D eigenvalue weighted by atomic mass is 10.3. The Morgan fingerprint density at radius 1 is 1.17 bits per heavy atom. The molecule has 0 aliphatic rings. The molecule has 0 saturated carbocycles. The molecule has 7 heteroatoms. The SMILES string of the molecule is NCCOc1ccc(NC(=O)CCNC(=O)c2cccs2)cc1. The standard InChI is InChI=1S/C16H19N3O3S/c17-8-10-22-13-5-3-12(4-6-13)19-15(20)7-9-18-16(21)14-2-1-11-23-14/h1-6,11H,7-10,17H2,(H,18,21)(H,19,20). The second kappa shape index (κ2) is 8.92. The molecule has 0 saturated heterocycles. The average Bonchev–Trinajstić information content (AvgIpc) is 3.08. The van der Waals surface area contributed by atoms with Crippen LogP contribution >= 0.6 is 11.3 Å². The number of ether oxygens (including phenoxy) is 1.